The molecule has 1 aliphatic carbocycles. The Bertz CT molecular complexity index is 1230. The van der Waals surface area contributed by atoms with Crippen LogP contribution in [0.15, 0.2) is 34.2 Å². The molecule has 5 nitrogen and oxygen atoms in total. The molecular formula is C22H22F3N3O2S2. The molecule has 4 rings (SSSR count). The van der Waals surface area contributed by atoms with Crippen LogP contribution in [0.2, 0.25) is 0 Å². The summed E-state index contributed by atoms with van der Waals surface area (Å²) in [4.78, 5) is 32.2. The van der Waals surface area contributed by atoms with Crippen molar-refractivity contribution in [2.45, 2.75) is 56.1 Å². The first-order valence-electron chi connectivity index (χ1n) is 10.4. The maximum absolute atomic E-state index is 13.8. The molecule has 1 unspecified atom stereocenters. The standard InChI is InChI=1S/C22H22F3N3O2S2/c1-3-26-18(29)12(2)31-21-27-19-17(13-8-4-7-11-16(13)32-19)20(30)28(21)15-10-6-5-9-14(15)22(23,24)25/h5-6,9-10,12H,3-4,7-8,11H2,1-2H3,(H,26,29). The molecule has 0 spiro atoms. The van der Waals surface area contributed by atoms with Gasteiger partial charge >= 0.3 is 6.18 Å². The largest absolute Gasteiger partial charge is 0.418 e. The third-order valence-corrected chi connectivity index (χ3v) is 7.65. The quantitative estimate of drug-likeness (QED) is 0.413. The lowest BCUT2D eigenvalue weighted by Crippen LogP contribution is -2.32. The molecule has 10 heteroatoms. The zero-order valence-corrected chi connectivity index (χ0v) is 19.2. The molecule has 1 aromatic carbocycles. The summed E-state index contributed by atoms with van der Waals surface area (Å²) in [5.41, 5.74) is -0.808. The average Bonchev–Trinajstić information content (AvgIpc) is 3.12. The van der Waals surface area contributed by atoms with E-state index >= 15 is 0 Å². The number of nitrogens with zero attached hydrogens (tertiary/aromatic N) is 2. The van der Waals surface area contributed by atoms with Gasteiger partial charge in [-0.15, -0.1) is 11.3 Å². The number of fused-ring (bicyclic) bond motifs is 3. The SMILES string of the molecule is CCNC(=O)C(C)Sc1nc2sc3c(c2c(=O)n1-c1ccccc1C(F)(F)F)CCCC3. The van der Waals surface area contributed by atoms with Crippen molar-refractivity contribution in [3.63, 3.8) is 0 Å². The van der Waals surface area contributed by atoms with Gasteiger partial charge in [0.15, 0.2) is 5.16 Å². The second-order valence-electron chi connectivity index (χ2n) is 7.60. The van der Waals surface area contributed by atoms with Gasteiger partial charge in [-0.25, -0.2) is 4.98 Å². The van der Waals surface area contributed by atoms with Crippen LogP contribution < -0.4 is 10.9 Å². The molecule has 0 saturated carbocycles. The molecule has 0 aliphatic heterocycles. The maximum Gasteiger partial charge on any atom is 0.418 e. The van der Waals surface area contributed by atoms with Crippen LogP contribution in [0.25, 0.3) is 15.9 Å². The van der Waals surface area contributed by atoms with E-state index in [0.717, 1.165) is 58.5 Å². The lowest BCUT2D eigenvalue weighted by molar-refractivity contribution is -0.137. The molecule has 2 aromatic heterocycles. The highest BCUT2D eigenvalue weighted by molar-refractivity contribution is 8.00. The van der Waals surface area contributed by atoms with Gasteiger partial charge < -0.3 is 5.32 Å². The van der Waals surface area contributed by atoms with Gasteiger partial charge in [0, 0.05) is 11.4 Å². The summed E-state index contributed by atoms with van der Waals surface area (Å²) in [7, 11) is 0. The highest BCUT2D eigenvalue weighted by Gasteiger charge is 2.35. The topological polar surface area (TPSA) is 64.0 Å². The van der Waals surface area contributed by atoms with Crippen molar-refractivity contribution >= 4 is 39.2 Å². The van der Waals surface area contributed by atoms with Crippen LogP contribution in [0.3, 0.4) is 0 Å². The maximum atomic E-state index is 13.8. The Morgan fingerprint density at radius 3 is 2.72 bits per heavy atom. The number of alkyl halides is 3. The van der Waals surface area contributed by atoms with Crippen LogP contribution in [0.1, 0.15) is 42.7 Å². The number of carbonyl (C=O) groups is 1. The number of rotatable bonds is 5. The van der Waals surface area contributed by atoms with Gasteiger partial charge in [0.25, 0.3) is 5.56 Å². The molecule has 1 aliphatic rings. The Labute approximate surface area is 191 Å². The Morgan fingerprint density at radius 2 is 2.00 bits per heavy atom. The highest BCUT2D eigenvalue weighted by Crippen LogP contribution is 2.38. The summed E-state index contributed by atoms with van der Waals surface area (Å²) >= 11 is 2.41. The number of halogens is 3. The van der Waals surface area contributed by atoms with Gasteiger partial charge in [-0.05, 0) is 57.2 Å². The number of hydrogen-bond acceptors (Lipinski definition) is 5. The zero-order chi connectivity index (χ0) is 23.0. The van der Waals surface area contributed by atoms with E-state index in [0.29, 0.717) is 16.8 Å². The number of thiophene rings is 1. The Kier molecular flexibility index (Phi) is 6.35. The fraction of sp³-hybridized carbons (Fsp3) is 0.409. The first-order valence-corrected chi connectivity index (χ1v) is 12.1. The number of thioether (sulfide) groups is 1. The molecular weight excluding hydrogens is 459 g/mol. The fourth-order valence-electron chi connectivity index (χ4n) is 3.92. The molecule has 0 saturated heterocycles. The van der Waals surface area contributed by atoms with Gasteiger partial charge in [0.2, 0.25) is 5.91 Å². The molecule has 1 N–H and O–H groups in total. The van der Waals surface area contributed by atoms with Crippen molar-refractivity contribution in [3.8, 4) is 5.69 Å². The molecule has 0 radical (unpaired) electrons. The number of carbonyl (C=O) groups excluding carboxylic acids is 1. The number of aromatic nitrogens is 2. The summed E-state index contributed by atoms with van der Waals surface area (Å²) in [6.07, 6.45) is -1.14. The van der Waals surface area contributed by atoms with Gasteiger partial charge in [0.05, 0.1) is 21.9 Å². The minimum absolute atomic E-state index is 0.0801. The molecule has 0 fully saturated rings. The summed E-state index contributed by atoms with van der Waals surface area (Å²) in [5.74, 6) is -0.270. The van der Waals surface area contributed by atoms with Crippen LogP contribution >= 0.6 is 23.1 Å². The lowest BCUT2D eigenvalue weighted by atomic mass is 9.97. The molecule has 1 amide bonds. The molecule has 3 aromatic rings. The van der Waals surface area contributed by atoms with E-state index < -0.39 is 22.5 Å². The summed E-state index contributed by atoms with van der Waals surface area (Å²) in [6, 6.07) is 4.99. The smallest absolute Gasteiger partial charge is 0.355 e. The Hall–Kier alpha value is -2.33. The van der Waals surface area contributed by atoms with Crippen molar-refractivity contribution in [1.82, 2.24) is 14.9 Å². The Morgan fingerprint density at radius 1 is 1.28 bits per heavy atom. The number of nitrogens with one attached hydrogen (secondary N) is 1. The van der Waals surface area contributed by atoms with Gasteiger partial charge in [-0.3, -0.25) is 14.2 Å². The van der Waals surface area contributed by atoms with Crippen molar-refractivity contribution in [2.75, 3.05) is 6.54 Å². The highest BCUT2D eigenvalue weighted by atomic mass is 32.2. The van der Waals surface area contributed by atoms with Crippen LogP contribution in [-0.2, 0) is 23.8 Å². The second-order valence-corrected chi connectivity index (χ2v) is 9.99. The van der Waals surface area contributed by atoms with Crippen molar-refractivity contribution in [3.05, 3.63) is 50.6 Å². The number of hydrogen-bond donors (Lipinski definition) is 1. The van der Waals surface area contributed by atoms with Crippen molar-refractivity contribution in [1.29, 1.82) is 0 Å². The minimum Gasteiger partial charge on any atom is -0.355 e. The molecule has 1 atom stereocenters. The van der Waals surface area contributed by atoms with Gasteiger partial charge in [-0.2, -0.15) is 13.2 Å². The van der Waals surface area contributed by atoms with E-state index in [-0.39, 0.29) is 16.8 Å². The zero-order valence-electron chi connectivity index (χ0n) is 17.6. The first-order chi connectivity index (χ1) is 15.2. The second kappa shape index (κ2) is 8.90. The first kappa shape index (κ1) is 22.8. The summed E-state index contributed by atoms with van der Waals surface area (Å²) in [5, 5.41) is 2.54. The van der Waals surface area contributed by atoms with Crippen molar-refractivity contribution < 1.29 is 18.0 Å². The normalized spacial score (nSPS) is 14.9. The molecule has 0 bridgehead atoms. The van der Waals surface area contributed by atoms with Crippen molar-refractivity contribution in [2.24, 2.45) is 0 Å². The predicted octanol–water partition coefficient (Wildman–Crippen LogP) is 4.96. The van der Waals surface area contributed by atoms with E-state index in [1.807, 2.05) is 0 Å². The average molecular weight is 482 g/mol. The predicted molar refractivity (Wildman–Crippen MR) is 121 cm³/mol. The van der Waals surface area contributed by atoms with Gasteiger partial charge in [0.1, 0.15) is 4.83 Å². The lowest BCUT2D eigenvalue weighted by Gasteiger charge is -2.19. The minimum atomic E-state index is -4.65. The van der Waals surface area contributed by atoms with E-state index in [2.05, 4.69) is 10.3 Å². The summed E-state index contributed by atoms with van der Waals surface area (Å²) < 4.78 is 42.5. The summed E-state index contributed by atoms with van der Waals surface area (Å²) in [6.45, 7) is 3.86. The molecule has 170 valence electrons. The van der Waals surface area contributed by atoms with Crippen LogP contribution in [0, 0.1) is 0 Å². The van der Waals surface area contributed by atoms with E-state index in [1.54, 1.807) is 13.8 Å². The fourth-order valence-corrected chi connectivity index (χ4v) is 6.16. The molecule has 32 heavy (non-hydrogen) atoms. The van der Waals surface area contributed by atoms with Gasteiger partial charge in [-0.1, -0.05) is 23.9 Å². The number of benzene rings is 1. The van der Waals surface area contributed by atoms with Crippen LogP contribution in [0.4, 0.5) is 13.2 Å². The Balaban J connectivity index is 1.98. The molecule has 2 heterocycles. The monoisotopic (exact) mass is 481 g/mol. The van der Waals surface area contributed by atoms with E-state index in [9.17, 15) is 22.8 Å². The van der Waals surface area contributed by atoms with E-state index in [1.165, 1.54) is 29.5 Å². The van der Waals surface area contributed by atoms with E-state index in [4.69, 9.17) is 0 Å². The third-order valence-electron chi connectivity index (χ3n) is 5.41. The number of aryl methyl sites for hydroxylation is 2. The number of para-hydroxylation sites is 1. The van der Waals surface area contributed by atoms with Crippen LogP contribution in [-0.4, -0.2) is 27.3 Å². The number of amides is 1. The third kappa shape index (κ3) is 4.17. The van der Waals surface area contributed by atoms with Crippen LogP contribution in [0.5, 0.6) is 0 Å².